The van der Waals surface area contributed by atoms with Crippen LogP contribution >= 0.6 is 0 Å². The van der Waals surface area contributed by atoms with Crippen molar-refractivity contribution < 1.29 is 9.53 Å². The van der Waals surface area contributed by atoms with Crippen molar-refractivity contribution in [2.75, 3.05) is 19.4 Å². The lowest BCUT2D eigenvalue weighted by atomic mass is 10.0. The van der Waals surface area contributed by atoms with Gasteiger partial charge in [-0.05, 0) is 48.6 Å². The number of carbonyl (C=O) groups excluding carboxylic acids is 1. The van der Waals surface area contributed by atoms with Gasteiger partial charge < -0.3 is 15.4 Å². The molecule has 30 heavy (non-hydrogen) atoms. The number of hydrogen-bond donors (Lipinski definition) is 1. The molecule has 6 rings (SSSR count). The second-order valence-corrected chi connectivity index (χ2v) is 8.16. The van der Waals surface area contributed by atoms with Gasteiger partial charge in [-0.15, -0.1) is 0 Å². The van der Waals surface area contributed by atoms with Gasteiger partial charge in [0.2, 0.25) is 0 Å². The molecule has 0 radical (unpaired) electrons. The van der Waals surface area contributed by atoms with Gasteiger partial charge in [-0.3, -0.25) is 9.20 Å². The molecule has 1 saturated carbocycles. The average molecular weight is 399 g/mol. The van der Waals surface area contributed by atoms with Crippen LogP contribution in [0.15, 0.2) is 48.9 Å². The monoisotopic (exact) mass is 399 g/mol. The largest absolute Gasteiger partial charge is 0.491 e. The van der Waals surface area contributed by atoms with Crippen LogP contribution in [-0.4, -0.2) is 38.8 Å². The van der Waals surface area contributed by atoms with Crippen molar-refractivity contribution in [3.8, 4) is 5.75 Å². The Bertz CT molecular complexity index is 1320. The molecule has 4 aromatic rings. The number of rotatable bonds is 3. The van der Waals surface area contributed by atoms with Crippen LogP contribution in [0.3, 0.4) is 0 Å². The summed E-state index contributed by atoms with van der Waals surface area (Å²) in [6.45, 7) is 0.475. The number of fused-ring (bicyclic) bond motifs is 4. The number of anilines is 1. The number of nitrogens with zero attached hydrogens (tertiary/aromatic N) is 4. The number of carbonyl (C=O) groups is 1. The third-order valence-electron chi connectivity index (χ3n) is 6.25. The molecule has 7 nitrogen and oxygen atoms in total. The van der Waals surface area contributed by atoms with E-state index in [4.69, 9.17) is 10.5 Å². The molecule has 2 aliphatic rings. The van der Waals surface area contributed by atoms with Crippen LogP contribution in [0.25, 0.3) is 16.6 Å². The van der Waals surface area contributed by atoms with Gasteiger partial charge in [-0.2, -0.15) is 0 Å². The summed E-state index contributed by atoms with van der Waals surface area (Å²) in [6, 6.07) is 11.8. The van der Waals surface area contributed by atoms with E-state index in [2.05, 4.69) is 28.2 Å². The summed E-state index contributed by atoms with van der Waals surface area (Å²) in [5, 5.41) is 0. The SMILES string of the molecule is CN(C(=O)c1ccc2nc(N)c3cncn3c2c1)[C@@H]1COc2cc(C3CC3)ccc21. The van der Waals surface area contributed by atoms with Crippen LogP contribution in [0.2, 0.25) is 0 Å². The van der Waals surface area contributed by atoms with Crippen molar-refractivity contribution in [3.63, 3.8) is 0 Å². The number of ether oxygens (including phenoxy) is 1. The molecule has 1 atom stereocenters. The maximum absolute atomic E-state index is 13.3. The van der Waals surface area contributed by atoms with E-state index < -0.39 is 0 Å². The number of benzene rings is 2. The van der Waals surface area contributed by atoms with Crippen LogP contribution in [0.4, 0.5) is 5.82 Å². The van der Waals surface area contributed by atoms with Crippen molar-refractivity contribution in [1.82, 2.24) is 19.3 Å². The molecule has 1 fully saturated rings. The number of aromatic nitrogens is 3. The number of nitrogens with two attached hydrogens (primary N) is 1. The Morgan fingerprint density at radius 3 is 2.90 bits per heavy atom. The Hall–Kier alpha value is -3.61. The molecule has 0 saturated heterocycles. The maximum atomic E-state index is 13.3. The highest BCUT2D eigenvalue weighted by Gasteiger charge is 2.33. The first-order valence-corrected chi connectivity index (χ1v) is 10.2. The highest BCUT2D eigenvalue weighted by molar-refractivity contribution is 5.98. The number of nitrogen functional groups attached to an aromatic ring is 1. The smallest absolute Gasteiger partial charge is 0.254 e. The lowest BCUT2D eigenvalue weighted by Crippen LogP contribution is -2.32. The van der Waals surface area contributed by atoms with Crippen molar-refractivity contribution in [2.45, 2.75) is 24.8 Å². The first-order valence-electron chi connectivity index (χ1n) is 10.2. The van der Waals surface area contributed by atoms with Gasteiger partial charge in [0.15, 0.2) is 0 Å². The third-order valence-corrected chi connectivity index (χ3v) is 6.25. The third kappa shape index (κ3) is 2.55. The zero-order valence-electron chi connectivity index (χ0n) is 16.6. The molecule has 2 aromatic heterocycles. The van der Waals surface area contributed by atoms with Gasteiger partial charge in [0.25, 0.3) is 5.91 Å². The van der Waals surface area contributed by atoms with Gasteiger partial charge >= 0.3 is 0 Å². The highest BCUT2D eigenvalue weighted by Crippen LogP contribution is 2.44. The minimum Gasteiger partial charge on any atom is -0.491 e. The van der Waals surface area contributed by atoms with Crippen molar-refractivity contribution >= 4 is 28.3 Å². The van der Waals surface area contributed by atoms with Gasteiger partial charge in [0.1, 0.15) is 23.7 Å². The summed E-state index contributed by atoms with van der Waals surface area (Å²) in [4.78, 5) is 23.7. The van der Waals surface area contributed by atoms with Crippen LogP contribution in [0.1, 0.15) is 46.3 Å². The molecule has 7 heteroatoms. The molecule has 0 spiro atoms. The lowest BCUT2D eigenvalue weighted by molar-refractivity contribution is 0.0708. The van der Waals surface area contributed by atoms with E-state index in [1.54, 1.807) is 23.5 Å². The summed E-state index contributed by atoms with van der Waals surface area (Å²) in [5.74, 6) is 1.94. The van der Waals surface area contributed by atoms with E-state index in [0.29, 0.717) is 23.9 Å². The number of amides is 1. The molecule has 1 amide bonds. The number of imidazole rings is 1. The molecule has 0 bridgehead atoms. The fraction of sp³-hybridized carbons (Fsp3) is 0.261. The number of hydrogen-bond acceptors (Lipinski definition) is 5. The maximum Gasteiger partial charge on any atom is 0.254 e. The van der Waals surface area contributed by atoms with Crippen LogP contribution in [0.5, 0.6) is 5.75 Å². The first-order chi connectivity index (χ1) is 14.6. The van der Waals surface area contributed by atoms with E-state index >= 15 is 0 Å². The Morgan fingerprint density at radius 1 is 1.20 bits per heavy atom. The molecular weight excluding hydrogens is 378 g/mol. The Kier molecular flexibility index (Phi) is 3.56. The van der Waals surface area contributed by atoms with Crippen molar-refractivity contribution in [1.29, 1.82) is 0 Å². The fourth-order valence-corrected chi connectivity index (χ4v) is 4.35. The Labute approximate surface area is 173 Å². The molecule has 1 aliphatic carbocycles. The standard InChI is InChI=1S/C23H21N5O2/c1-27(20-11-30-21-9-14(13-2-3-13)4-6-16(20)21)23(29)15-5-7-17-18(8-15)28-12-25-10-19(28)22(24)26-17/h4-10,12-13,20H,2-3,11H2,1H3,(H2,24,26)/t20-/m1/s1. The van der Waals surface area contributed by atoms with E-state index in [1.807, 2.05) is 23.6 Å². The normalized spacial score (nSPS) is 17.8. The zero-order chi connectivity index (χ0) is 20.4. The highest BCUT2D eigenvalue weighted by atomic mass is 16.5. The van der Waals surface area contributed by atoms with Gasteiger partial charge in [-0.1, -0.05) is 12.1 Å². The molecule has 0 unspecified atom stereocenters. The van der Waals surface area contributed by atoms with E-state index in [0.717, 1.165) is 27.9 Å². The molecule has 1 aliphatic heterocycles. The molecule has 150 valence electrons. The van der Waals surface area contributed by atoms with Crippen LogP contribution in [-0.2, 0) is 0 Å². The van der Waals surface area contributed by atoms with Gasteiger partial charge in [-0.25, -0.2) is 9.97 Å². The van der Waals surface area contributed by atoms with E-state index in [-0.39, 0.29) is 11.9 Å². The first kappa shape index (κ1) is 17.3. The van der Waals surface area contributed by atoms with E-state index in [9.17, 15) is 4.79 Å². The quantitative estimate of drug-likeness (QED) is 0.569. The molecule has 2 aromatic carbocycles. The topological polar surface area (TPSA) is 85.8 Å². The van der Waals surface area contributed by atoms with Gasteiger partial charge in [0, 0.05) is 18.2 Å². The van der Waals surface area contributed by atoms with Crippen LogP contribution in [0, 0.1) is 0 Å². The number of likely N-dealkylation sites (N-methyl/N-ethyl adjacent to an activating group) is 1. The molecule has 3 heterocycles. The lowest BCUT2D eigenvalue weighted by Gasteiger charge is -2.24. The average Bonchev–Trinajstić information content (AvgIpc) is 3.33. The predicted octanol–water partition coefficient (Wildman–Crippen LogP) is 3.55. The summed E-state index contributed by atoms with van der Waals surface area (Å²) in [5.41, 5.74) is 11.3. The second kappa shape index (κ2) is 6.19. The fourth-order valence-electron chi connectivity index (χ4n) is 4.35. The van der Waals surface area contributed by atoms with E-state index in [1.165, 1.54) is 18.4 Å². The van der Waals surface area contributed by atoms with Crippen molar-refractivity contribution in [3.05, 3.63) is 65.6 Å². The molecular formula is C23H21N5O2. The zero-order valence-corrected chi connectivity index (χ0v) is 16.6. The van der Waals surface area contributed by atoms with Crippen LogP contribution < -0.4 is 10.5 Å². The minimum atomic E-state index is -0.103. The Balaban J connectivity index is 1.34. The summed E-state index contributed by atoms with van der Waals surface area (Å²) in [6.07, 6.45) is 5.87. The minimum absolute atomic E-state index is 0.0605. The van der Waals surface area contributed by atoms with Crippen molar-refractivity contribution in [2.24, 2.45) is 0 Å². The molecule has 2 N–H and O–H groups in total. The summed E-state index contributed by atoms with van der Waals surface area (Å²) >= 11 is 0. The Morgan fingerprint density at radius 2 is 2.07 bits per heavy atom. The summed E-state index contributed by atoms with van der Waals surface area (Å²) < 4.78 is 7.80. The predicted molar refractivity (Wildman–Crippen MR) is 114 cm³/mol. The summed E-state index contributed by atoms with van der Waals surface area (Å²) in [7, 11) is 1.83. The van der Waals surface area contributed by atoms with Gasteiger partial charge in [0.05, 0.1) is 29.6 Å². The second-order valence-electron chi connectivity index (χ2n) is 8.16.